The number of aliphatic imine (C=N–C) groups is 1. The summed E-state index contributed by atoms with van der Waals surface area (Å²) in [5.41, 5.74) is 0. The van der Waals surface area contributed by atoms with Crippen LogP contribution in [0.2, 0.25) is 0 Å². The highest BCUT2D eigenvalue weighted by Crippen LogP contribution is 2.02. The molecule has 0 bridgehead atoms. The molecule has 0 saturated carbocycles. The lowest BCUT2D eigenvalue weighted by Crippen LogP contribution is -2.33. The molecule has 0 fully saturated rings. The van der Waals surface area contributed by atoms with Gasteiger partial charge in [0, 0.05) is 19.5 Å². The lowest BCUT2D eigenvalue weighted by atomic mass is 10.5. The number of urea groups is 1. The molecule has 0 aromatic rings. The summed E-state index contributed by atoms with van der Waals surface area (Å²) in [5.74, 6) is 0. The van der Waals surface area contributed by atoms with Gasteiger partial charge < -0.3 is 4.74 Å². The minimum Gasteiger partial charge on any atom is -0.361 e. The summed E-state index contributed by atoms with van der Waals surface area (Å²) in [4.78, 5) is 16.0. The van der Waals surface area contributed by atoms with E-state index in [-0.39, 0.29) is 12.3 Å². The Labute approximate surface area is 72.5 Å². The van der Waals surface area contributed by atoms with Crippen LogP contribution in [-0.4, -0.2) is 30.5 Å². The van der Waals surface area contributed by atoms with E-state index >= 15 is 0 Å². The largest absolute Gasteiger partial charge is 0.361 e. The molecule has 0 radical (unpaired) electrons. The van der Waals surface area contributed by atoms with Gasteiger partial charge in [-0.05, 0) is 13.8 Å². The van der Waals surface area contributed by atoms with Crippen molar-refractivity contribution in [3.8, 4) is 0 Å². The Balaban J connectivity index is 4.33. The van der Waals surface area contributed by atoms with E-state index in [0.717, 1.165) is 0 Å². The summed E-state index contributed by atoms with van der Waals surface area (Å²) < 4.78 is 4.93. The van der Waals surface area contributed by atoms with Crippen molar-refractivity contribution in [3.63, 3.8) is 0 Å². The van der Waals surface area contributed by atoms with Gasteiger partial charge >= 0.3 is 6.03 Å². The maximum absolute atomic E-state index is 11.2. The summed E-state index contributed by atoms with van der Waals surface area (Å²) in [5, 5.41) is 0. The Bertz CT molecular complexity index is 189. The van der Waals surface area contributed by atoms with Gasteiger partial charge in [-0.15, -0.1) is 0 Å². The van der Waals surface area contributed by atoms with Crippen LogP contribution in [0, 0.1) is 0 Å². The zero-order valence-electron chi connectivity index (χ0n) is 7.65. The molecular weight excluding hydrogens is 156 g/mol. The second-order valence-electron chi connectivity index (χ2n) is 2.09. The van der Waals surface area contributed by atoms with Crippen molar-refractivity contribution in [2.45, 2.75) is 20.1 Å². The van der Waals surface area contributed by atoms with E-state index in [2.05, 4.69) is 11.6 Å². The van der Waals surface area contributed by atoms with E-state index in [1.165, 1.54) is 24.4 Å². The monoisotopic (exact) mass is 170 g/mol. The van der Waals surface area contributed by atoms with Gasteiger partial charge in [-0.3, -0.25) is 4.90 Å². The quantitative estimate of drug-likeness (QED) is 0.477. The molecular formula is C8H14N2O2. The first-order valence-corrected chi connectivity index (χ1v) is 3.63. The fourth-order valence-electron chi connectivity index (χ4n) is 0.673. The predicted octanol–water partition coefficient (Wildman–Crippen LogP) is 1.64. The van der Waals surface area contributed by atoms with Crippen molar-refractivity contribution < 1.29 is 9.53 Å². The first-order valence-electron chi connectivity index (χ1n) is 3.63. The topological polar surface area (TPSA) is 41.9 Å². The van der Waals surface area contributed by atoms with Gasteiger partial charge in [-0.1, -0.05) is 6.58 Å². The molecule has 12 heavy (non-hydrogen) atoms. The van der Waals surface area contributed by atoms with Crippen LogP contribution in [0.15, 0.2) is 17.8 Å². The minimum absolute atomic E-state index is 0.335. The molecule has 0 aliphatic carbocycles. The van der Waals surface area contributed by atoms with Gasteiger partial charge in [-0.2, -0.15) is 0 Å². The smallest absolute Gasteiger partial charge is 0.349 e. The summed E-state index contributed by atoms with van der Waals surface area (Å²) in [6.07, 6.45) is 2.49. The first-order chi connectivity index (χ1) is 5.67. The highest BCUT2D eigenvalue weighted by Gasteiger charge is 2.14. The molecule has 0 aromatic heterocycles. The van der Waals surface area contributed by atoms with Gasteiger partial charge in [0.2, 0.25) is 0 Å². The third-order valence-electron chi connectivity index (χ3n) is 1.39. The molecule has 0 N–H and O–H groups in total. The maximum Gasteiger partial charge on any atom is 0.349 e. The molecule has 68 valence electrons. The van der Waals surface area contributed by atoms with Crippen molar-refractivity contribution >= 4 is 12.2 Å². The van der Waals surface area contributed by atoms with Crippen LogP contribution in [0.3, 0.4) is 0 Å². The van der Waals surface area contributed by atoms with E-state index in [1.807, 2.05) is 0 Å². The third kappa shape index (κ3) is 2.84. The highest BCUT2D eigenvalue weighted by molar-refractivity contribution is 5.83. The number of hydrogen-bond acceptors (Lipinski definition) is 2. The lowest BCUT2D eigenvalue weighted by molar-refractivity contribution is 0.0319. The second kappa shape index (κ2) is 5.49. The molecule has 0 aliphatic heterocycles. The molecule has 0 heterocycles. The van der Waals surface area contributed by atoms with Crippen molar-refractivity contribution in [3.05, 3.63) is 12.8 Å². The van der Waals surface area contributed by atoms with E-state index in [0.29, 0.717) is 0 Å². The maximum atomic E-state index is 11.2. The zero-order valence-corrected chi connectivity index (χ0v) is 7.65. The normalized spacial score (nSPS) is 12.9. The van der Waals surface area contributed by atoms with E-state index in [9.17, 15) is 4.79 Å². The summed E-state index contributed by atoms with van der Waals surface area (Å²) in [6.45, 7) is 6.90. The molecule has 0 aliphatic rings. The Morgan fingerprint density at radius 2 is 2.33 bits per heavy atom. The van der Waals surface area contributed by atoms with Gasteiger partial charge in [0.25, 0.3) is 0 Å². The highest BCUT2D eigenvalue weighted by atomic mass is 16.5. The van der Waals surface area contributed by atoms with Crippen LogP contribution in [0.1, 0.15) is 13.8 Å². The van der Waals surface area contributed by atoms with E-state index in [4.69, 9.17) is 4.74 Å². The zero-order chi connectivity index (χ0) is 9.56. The Morgan fingerprint density at radius 1 is 1.75 bits per heavy atom. The number of nitrogens with zero attached hydrogens (tertiary/aromatic N) is 2. The van der Waals surface area contributed by atoms with Crippen molar-refractivity contribution in [2.75, 3.05) is 7.11 Å². The Kier molecular flexibility index (Phi) is 4.96. The molecule has 4 nitrogen and oxygen atoms in total. The fourth-order valence-corrected chi connectivity index (χ4v) is 0.673. The SMILES string of the molecule is C=CN(C(=O)N=CC)C(C)OC. The number of ether oxygens (including phenoxy) is 1. The number of carbonyl (C=O) groups excluding carboxylic acids is 1. The van der Waals surface area contributed by atoms with Gasteiger partial charge in [-0.25, -0.2) is 9.79 Å². The number of carbonyl (C=O) groups is 1. The molecule has 0 spiro atoms. The molecule has 2 amide bonds. The predicted molar refractivity (Wildman–Crippen MR) is 48.1 cm³/mol. The van der Waals surface area contributed by atoms with Gasteiger partial charge in [0.1, 0.15) is 6.23 Å². The van der Waals surface area contributed by atoms with Crippen molar-refractivity contribution in [2.24, 2.45) is 4.99 Å². The standard InChI is InChI=1S/C8H14N2O2/c1-5-9-8(11)10(6-2)7(3)12-4/h5-7H,2H2,1,3-4H3. The second-order valence-corrected chi connectivity index (χ2v) is 2.09. The molecule has 1 atom stereocenters. The average molecular weight is 170 g/mol. The number of rotatable bonds is 3. The summed E-state index contributed by atoms with van der Waals surface area (Å²) >= 11 is 0. The number of methoxy groups -OCH3 is 1. The van der Waals surface area contributed by atoms with Crippen LogP contribution in [0.25, 0.3) is 0 Å². The minimum atomic E-state index is -0.373. The summed E-state index contributed by atoms with van der Waals surface area (Å²) in [7, 11) is 1.52. The molecule has 1 unspecified atom stereocenters. The molecule has 0 saturated heterocycles. The summed E-state index contributed by atoms with van der Waals surface area (Å²) in [6, 6.07) is -0.373. The van der Waals surface area contributed by atoms with Crippen LogP contribution >= 0.6 is 0 Å². The van der Waals surface area contributed by atoms with Crippen LogP contribution in [-0.2, 0) is 4.74 Å². The first kappa shape index (κ1) is 10.8. The molecule has 0 rings (SSSR count). The number of amides is 2. The van der Waals surface area contributed by atoms with Gasteiger partial charge in [0.05, 0.1) is 0 Å². The Hall–Kier alpha value is -1.16. The fraction of sp³-hybridized carbons (Fsp3) is 0.500. The number of hydrogen-bond donors (Lipinski definition) is 0. The van der Waals surface area contributed by atoms with Crippen LogP contribution < -0.4 is 0 Å². The lowest BCUT2D eigenvalue weighted by Gasteiger charge is -2.21. The molecule has 0 aromatic carbocycles. The van der Waals surface area contributed by atoms with Crippen molar-refractivity contribution in [1.29, 1.82) is 0 Å². The van der Waals surface area contributed by atoms with Crippen molar-refractivity contribution in [1.82, 2.24) is 4.90 Å². The van der Waals surface area contributed by atoms with Gasteiger partial charge in [0.15, 0.2) is 0 Å². The average Bonchev–Trinajstić information content (AvgIpc) is 2.06. The Morgan fingerprint density at radius 3 is 2.67 bits per heavy atom. The molecule has 4 heteroatoms. The van der Waals surface area contributed by atoms with Crippen LogP contribution in [0.4, 0.5) is 4.79 Å². The van der Waals surface area contributed by atoms with E-state index in [1.54, 1.807) is 13.8 Å². The van der Waals surface area contributed by atoms with Crippen LogP contribution in [0.5, 0.6) is 0 Å². The van der Waals surface area contributed by atoms with E-state index < -0.39 is 0 Å². The third-order valence-corrected chi connectivity index (χ3v) is 1.39.